The summed E-state index contributed by atoms with van der Waals surface area (Å²) in [6.45, 7) is 3.99. The molecule has 3 heterocycles. The molecule has 110 valence electrons. The second kappa shape index (κ2) is 4.73. The van der Waals surface area contributed by atoms with Gasteiger partial charge >= 0.3 is 6.03 Å². The van der Waals surface area contributed by atoms with Gasteiger partial charge in [-0.05, 0) is 31.7 Å². The molecule has 0 aromatic rings. The summed E-state index contributed by atoms with van der Waals surface area (Å²) >= 11 is 0. The van der Waals surface area contributed by atoms with Gasteiger partial charge in [0.15, 0.2) is 0 Å². The number of nitrogens with one attached hydrogen (secondary N) is 3. The van der Waals surface area contributed by atoms with Crippen LogP contribution in [0.4, 0.5) is 4.79 Å². The van der Waals surface area contributed by atoms with E-state index in [1.807, 2.05) is 4.90 Å². The number of amides is 4. The third kappa shape index (κ3) is 2.06. The molecular formula is C13H20N4O3. The van der Waals surface area contributed by atoms with Crippen molar-refractivity contribution >= 4 is 17.8 Å². The Labute approximate surface area is 117 Å². The van der Waals surface area contributed by atoms with E-state index in [0.29, 0.717) is 31.8 Å². The fraction of sp³-hybridized carbons (Fsp3) is 0.769. The van der Waals surface area contributed by atoms with E-state index in [2.05, 4.69) is 22.9 Å². The molecule has 0 radical (unpaired) electrons. The van der Waals surface area contributed by atoms with Crippen LogP contribution in [0.5, 0.6) is 0 Å². The topological polar surface area (TPSA) is 90.5 Å². The fourth-order valence-corrected chi connectivity index (χ4v) is 3.35. The number of hydrogen-bond donors (Lipinski definition) is 3. The molecule has 20 heavy (non-hydrogen) atoms. The van der Waals surface area contributed by atoms with E-state index in [-0.39, 0.29) is 17.9 Å². The molecule has 3 rings (SSSR count). The number of urea groups is 1. The molecular weight excluding hydrogens is 260 g/mol. The van der Waals surface area contributed by atoms with Gasteiger partial charge in [0.05, 0.1) is 6.04 Å². The molecule has 3 aliphatic heterocycles. The lowest BCUT2D eigenvalue weighted by Crippen LogP contribution is -2.58. The minimum absolute atomic E-state index is 0.101. The van der Waals surface area contributed by atoms with Gasteiger partial charge in [-0.3, -0.25) is 14.9 Å². The van der Waals surface area contributed by atoms with Gasteiger partial charge in [-0.2, -0.15) is 0 Å². The molecule has 2 unspecified atom stereocenters. The molecule has 0 saturated carbocycles. The number of rotatable bonds is 1. The van der Waals surface area contributed by atoms with Crippen LogP contribution in [0.3, 0.4) is 0 Å². The molecule has 4 amide bonds. The summed E-state index contributed by atoms with van der Waals surface area (Å²) < 4.78 is 0. The van der Waals surface area contributed by atoms with Gasteiger partial charge in [-0.25, -0.2) is 4.79 Å². The Morgan fingerprint density at radius 3 is 2.50 bits per heavy atom. The van der Waals surface area contributed by atoms with Gasteiger partial charge in [0, 0.05) is 13.1 Å². The zero-order valence-electron chi connectivity index (χ0n) is 11.6. The van der Waals surface area contributed by atoms with Crippen molar-refractivity contribution in [3.05, 3.63) is 0 Å². The van der Waals surface area contributed by atoms with Gasteiger partial charge in [0.2, 0.25) is 5.91 Å². The molecule has 3 aliphatic rings. The standard InChI is InChI=1S/C13H20N4O3/c1-8-2-5-14-9(8)10(18)17-6-3-13(4-7-17)11(19)15-12(20)16-13/h8-9,14H,2-7H2,1H3,(H2,15,16,19,20). The van der Waals surface area contributed by atoms with Crippen LogP contribution in [0.2, 0.25) is 0 Å². The normalized spacial score (nSPS) is 32.4. The molecule has 3 N–H and O–H groups in total. The number of likely N-dealkylation sites (tertiary alicyclic amines) is 1. The quantitative estimate of drug-likeness (QED) is 0.548. The average molecular weight is 280 g/mol. The zero-order valence-corrected chi connectivity index (χ0v) is 11.6. The Bertz CT molecular complexity index is 457. The predicted octanol–water partition coefficient (Wildman–Crippen LogP) is -0.815. The smallest absolute Gasteiger partial charge is 0.322 e. The maximum atomic E-state index is 12.4. The zero-order chi connectivity index (χ0) is 14.3. The number of carbonyl (C=O) groups excluding carboxylic acids is 3. The summed E-state index contributed by atoms with van der Waals surface area (Å²) in [6, 6.07) is -0.531. The lowest BCUT2D eigenvalue weighted by atomic mass is 9.87. The number of nitrogens with zero attached hydrogens (tertiary/aromatic N) is 1. The van der Waals surface area contributed by atoms with Crippen LogP contribution < -0.4 is 16.0 Å². The summed E-state index contributed by atoms with van der Waals surface area (Å²) in [4.78, 5) is 37.3. The molecule has 1 spiro atoms. The number of imide groups is 1. The Morgan fingerprint density at radius 1 is 1.30 bits per heavy atom. The second-order valence-corrected chi connectivity index (χ2v) is 6.01. The van der Waals surface area contributed by atoms with E-state index < -0.39 is 11.6 Å². The first-order valence-electron chi connectivity index (χ1n) is 7.18. The van der Waals surface area contributed by atoms with Crippen molar-refractivity contribution in [3.63, 3.8) is 0 Å². The van der Waals surface area contributed by atoms with Crippen molar-refractivity contribution in [2.24, 2.45) is 5.92 Å². The first-order valence-corrected chi connectivity index (χ1v) is 7.18. The lowest BCUT2D eigenvalue weighted by Gasteiger charge is -2.38. The lowest BCUT2D eigenvalue weighted by molar-refractivity contribution is -0.138. The van der Waals surface area contributed by atoms with Crippen molar-refractivity contribution in [3.8, 4) is 0 Å². The van der Waals surface area contributed by atoms with E-state index in [0.717, 1.165) is 13.0 Å². The molecule has 2 atom stereocenters. The molecule has 0 aromatic carbocycles. The SMILES string of the molecule is CC1CCNC1C(=O)N1CCC2(CC1)NC(=O)NC2=O. The number of carbonyl (C=O) groups is 3. The predicted molar refractivity (Wildman–Crippen MR) is 70.8 cm³/mol. The van der Waals surface area contributed by atoms with Gasteiger partial charge in [0.25, 0.3) is 5.91 Å². The van der Waals surface area contributed by atoms with Crippen LogP contribution in [0.25, 0.3) is 0 Å². The van der Waals surface area contributed by atoms with E-state index in [1.165, 1.54) is 0 Å². The highest BCUT2D eigenvalue weighted by molar-refractivity contribution is 6.07. The minimum atomic E-state index is -0.803. The van der Waals surface area contributed by atoms with Gasteiger partial charge in [-0.15, -0.1) is 0 Å². The van der Waals surface area contributed by atoms with E-state index >= 15 is 0 Å². The molecule has 3 saturated heterocycles. The maximum absolute atomic E-state index is 12.4. The Balaban J connectivity index is 1.63. The third-order valence-electron chi connectivity index (χ3n) is 4.74. The average Bonchev–Trinajstić information content (AvgIpc) is 2.95. The first-order chi connectivity index (χ1) is 9.52. The van der Waals surface area contributed by atoms with Crippen LogP contribution >= 0.6 is 0 Å². The molecule has 7 heteroatoms. The molecule has 0 aliphatic carbocycles. The van der Waals surface area contributed by atoms with Crippen molar-refractivity contribution in [2.45, 2.75) is 37.8 Å². The van der Waals surface area contributed by atoms with Crippen LogP contribution in [-0.2, 0) is 9.59 Å². The first kappa shape index (κ1) is 13.4. The van der Waals surface area contributed by atoms with E-state index in [1.54, 1.807) is 0 Å². The Kier molecular flexibility index (Phi) is 3.16. The van der Waals surface area contributed by atoms with Crippen molar-refractivity contribution in [2.75, 3.05) is 19.6 Å². The summed E-state index contributed by atoms with van der Waals surface area (Å²) in [5.41, 5.74) is -0.803. The minimum Gasteiger partial charge on any atom is -0.341 e. The van der Waals surface area contributed by atoms with Crippen molar-refractivity contribution in [1.29, 1.82) is 0 Å². The molecule has 0 aromatic heterocycles. The summed E-state index contributed by atoms with van der Waals surface area (Å²) in [5.74, 6) is 0.212. The highest BCUT2D eigenvalue weighted by Crippen LogP contribution is 2.27. The summed E-state index contributed by atoms with van der Waals surface area (Å²) in [6.07, 6.45) is 1.99. The maximum Gasteiger partial charge on any atom is 0.322 e. The second-order valence-electron chi connectivity index (χ2n) is 6.01. The van der Waals surface area contributed by atoms with Gasteiger partial charge < -0.3 is 15.5 Å². The highest BCUT2D eigenvalue weighted by atomic mass is 16.2. The Hall–Kier alpha value is -1.63. The van der Waals surface area contributed by atoms with Crippen LogP contribution in [-0.4, -0.2) is 54.0 Å². The van der Waals surface area contributed by atoms with Crippen molar-refractivity contribution in [1.82, 2.24) is 20.9 Å². The Morgan fingerprint density at radius 2 is 2.00 bits per heavy atom. The number of piperidine rings is 1. The molecule has 0 bridgehead atoms. The van der Waals surface area contributed by atoms with Gasteiger partial charge in [0.1, 0.15) is 5.54 Å². The fourth-order valence-electron chi connectivity index (χ4n) is 3.35. The third-order valence-corrected chi connectivity index (χ3v) is 4.74. The summed E-state index contributed by atoms with van der Waals surface area (Å²) in [5, 5.41) is 8.22. The summed E-state index contributed by atoms with van der Waals surface area (Å²) in [7, 11) is 0. The van der Waals surface area contributed by atoms with Gasteiger partial charge in [-0.1, -0.05) is 6.92 Å². The van der Waals surface area contributed by atoms with E-state index in [9.17, 15) is 14.4 Å². The number of hydrogen-bond acceptors (Lipinski definition) is 4. The van der Waals surface area contributed by atoms with Crippen LogP contribution in [0.1, 0.15) is 26.2 Å². The molecule has 7 nitrogen and oxygen atoms in total. The van der Waals surface area contributed by atoms with Crippen LogP contribution in [0.15, 0.2) is 0 Å². The van der Waals surface area contributed by atoms with E-state index in [4.69, 9.17) is 0 Å². The monoisotopic (exact) mass is 280 g/mol. The highest BCUT2D eigenvalue weighted by Gasteiger charge is 2.49. The van der Waals surface area contributed by atoms with Crippen LogP contribution in [0, 0.1) is 5.92 Å². The molecule has 3 fully saturated rings. The largest absolute Gasteiger partial charge is 0.341 e. The van der Waals surface area contributed by atoms with Crippen molar-refractivity contribution < 1.29 is 14.4 Å².